The largest absolute Gasteiger partial charge is 0.382 e. The Hall–Kier alpha value is -2.47. The van der Waals surface area contributed by atoms with Crippen molar-refractivity contribution in [3.8, 4) is 0 Å². The molecular formula is C18H24N6. The molecule has 1 aromatic carbocycles. The van der Waals surface area contributed by atoms with Gasteiger partial charge >= 0.3 is 0 Å². The number of hydrogen-bond acceptors (Lipinski definition) is 6. The van der Waals surface area contributed by atoms with Crippen molar-refractivity contribution in [3.05, 3.63) is 47.3 Å². The highest BCUT2D eigenvalue weighted by molar-refractivity contribution is 6.12. The van der Waals surface area contributed by atoms with Crippen molar-refractivity contribution in [2.24, 2.45) is 5.73 Å². The van der Waals surface area contributed by atoms with Crippen molar-refractivity contribution >= 4 is 17.3 Å². The van der Waals surface area contributed by atoms with Crippen LogP contribution in [0.1, 0.15) is 36.6 Å². The molecule has 0 saturated carbocycles. The van der Waals surface area contributed by atoms with E-state index in [1.54, 1.807) is 6.20 Å². The summed E-state index contributed by atoms with van der Waals surface area (Å²) in [6.45, 7) is 5.74. The van der Waals surface area contributed by atoms with Gasteiger partial charge in [0.1, 0.15) is 11.5 Å². The Kier molecular flexibility index (Phi) is 4.24. The zero-order valence-electron chi connectivity index (χ0n) is 14.2. The Bertz CT molecular complexity index is 758. The number of nitrogens with two attached hydrogens (primary N) is 2. The fourth-order valence-corrected chi connectivity index (χ4v) is 2.97. The molecule has 0 spiro atoms. The highest BCUT2D eigenvalue weighted by Gasteiger charge is 2.27. The molecule has 0 radical (unpaired) electrons. The van der Waals surface area contributed by atoms with Gasteiger partial charge in [0.25, 0.3) is 0 Å². The highest BCUT2D eigenvalue weighted by atomic mass is 15.2. The molecule has 0 aliphatic carbocycles. The topological polar surface area (TPSA) is 105 Å². The van der Waals surface area contributed by atoms with Crippen LogP contribution in [0.25, 0.3) is 0 Å². The Morgan fingerprint density at radius 1 is 1.25 bits per heavy atom. The van der Waals surface area contributed by atoms with Crippen molar-refractivity contribution in [1.29, 1.82) is 5.41 Å². The van der Waals surface area contributed by atoms with E-state index in [2.05, 4.69) is 21.8 Å². The van der Waals surface area contributed by atoms with E-state index in [-0.39, 0.29) is 5.54 Å². The van der Waals surface area contributed by atoms with E-state index >= 15 is 0 Å². The zero-order chi connectivity index (χ0) is 17.3. The van der Waals surface area contributed by atoms with Crippen molar-refractivity contribution in [3.63, 3.8) is 0 Å². The molecular weight excluding hydrogens is 300 g/mol. The maximum Gasteiger partial charge on any atom is 0.154 e. The number of nitrogen functional groups attached to an aromatic ring is 1. The minimum atomic E-state index is -0.109. The van der Waals surface area contributed by atoms with E-state index < -0.39 is 0 Å². The van der Waals surface area contributed by atoms with Crippen LogP contribution in [0.3, 0.4) is 0 Å². The maximum absolute atomic E-state index is 8.41. The van der Waals surface area contributed by atoms with E-state index in [1.807, 2.05) is 31.2 Å². The fraction of sp³-hybridized carbons (Fsp3) is 0.389. The van der Waals surface area contributed by atoms with Crippen LogP contribution in [-0.2, 0) is 0 Å². The Morgan fingerprint density at radius 3 is 2.54 bits per heavy atom. The maximum atomic E-state index is 8.41. The molecule has 126 valence electrons. The molecule has 1 aliphatic heterocycles. The number of rotatable bonds is 3. The smallest absolute Gasteiger partial charge is 0.154 e. The predicted octanol–water partition coefficient (Wildman–Crippen LogP) is 2.10. The summed E-state index contributed by atoms with van der Waals surface area (Å²) in [4.78, 5) is 11.1. The summed E-state index contributed by atoms with van der Waals surface area (Å²) in [5.41, 5.74) is 14.7. The second-order valence-electron chi connectivity index (χ2n) is 6.79. The fourth-order valence-electron chi connectivity index (χ4n) is 2.97. The van der Waals surface area contributed by atoms with Crippen molar-refractivity contribution in [2.45, 2.75) is 32.2 Å². The number of aromatic nitrogens is 2. The first-order valence-electron chi connectivity index (χ1n) is 8.19. The van der Waals surface area contributed by atoms with Crippen molar-refractivity contribution < 1.29 is 0 Å². The SMILES string of the molecule is Cc1ccccc1C(=N)c1ncc(N2CCC(C)(N)CC2)nc1N. The lowest BCUT2D eigenvalue weighted by Crippen LogP contribution is -2.48. The second kappa shape index (κ2) is 6.20. The van der Waals surface area contributed by atoms with Crippen molar-refractivity contribution in [2.75, 3.05) is 23.7 Å². The number of anilines is 2. The Morgan fingerprint density at radius 2 is 1.92 bits per heavy atom. The summed E-state index contributed by atoms with van der Waals surface area (Å²) < 4.78 is 0. The molecule has 2 heterocycles. The molecule has 5 N–H and O–H groups in total. The third kappa shape index (κ3) is 3.23. The third-order valence-corrected chi connectivity index (χ3v) is 4.67. The van der Waals surface area contributed by atoms with E-state index in [4.69, 9.17) is 16.9 Å². The first-order valence-corrected chi connectivity index (χ1v) is 8.19. The highest BCUT2D eigenvalue weighted by Crippen LogP contribution is 2.24. The quantitative estimate of drug-likeness (QED) is 0.750. The van der Waals surface area contributed by atoms with Gasteiger partial charge in [-0.15, -0.1) is 0 Å². The van der Waals surface area contributed by atoms with Crippen molar-refractivity contribution in [1.82, 2.24) is 9.97 Å². The minimum absolute atomic E-state index is 0.109. The molecule has 0 unspecified atom stereocenters. The molecule has 0 atom stereocenters. The van der Waals surface area contributed by atoms with Crippen LogP contribution in [0.4, 0.5) is 11.6 Å². The predicted molar refractivity (Wildman–Crippen MR) is 97.6 cm³/mol. The normalized spacial score (nSPS) is 16.9. The van der Waals surface area contributed by atoms with Crippen LogP contribution < -0.4 is 16.4 Å². The summed E-state index contributed by atoms with van der Waals surface area (Å²) in [7, 11) is 0. The van der Waals surface area contributed by atoms with Crippen LogP contribution in [0.15, 0.2) is 30.5 Å². The Balaban J connectivity index is 1.83. The van der Waals surface area contributed by atoms with Crippen LogP contribution in [0.2, 0.25) is 0 Å². The number of aryl methyl sites for hydroxylation is 1. The Labute approximate surface area is 142 Å². The number of nitrogens with zero attached hydrogens (tertiary/aromatic N) is 3. The van der Waals surface area contributed by atoms with Gasteiger partial charge in [-0.25, -0.2) is 9.97 Å². The van der Waals surface area contributed by atoms with Crippen LogP contribution in [0.5, 0.6) is 0 Å². The molecule has 1 saturated heterocycles. The lowest BCUT2D eigenvalue weighted by atomic mass is 9.91. The van der Waals surface area contributed by atoms with Gasteiger partial charge in [0, 0.05) is 24.2 Å². The van der Waals surface area contributed by atoms with E-state index in [0.29, 0.717) is 17.2 Å². The van der Waals surface area contributed by atoms with E-state index in [1.165, 1.54) is 0 Å². The van der Waals surface area contributed by atoms with Gasteiger partial charge in [0.05, 0.1) is 11.9 Å². The first-order chi connectivity index (χ1) is 11.4. The van der Waals surface area contributed by atoms with E-state index in [0.717, 1.165) is 42.9 Å². The lowest BCUT2D eigenvalue weighted by molar-refractivity contribution is 0.363. The number of hydrogen-bond donors (Lipinski definition) is 3. The second-order valence-corrected chi connectivity index (χ2v) is 6.79. The number of piperidine rings is 1. The summed E-state index contributed by atoms with van der Waals surface area (Å²) >= 11 is 0. The van der Waals surface area contributed by atoms with Gasteiger partial charge in [0.2, 0.25) is 0 Å². The zero-order valence-corrected chi connectivity index (χ0v) is 14.2. The monoisotopic (exact) mass is 324 g/mol. The number of benzene rings is 1. The van der Waals surface area contributed by atoms with Gasteiger partial charge in [0.15, 0.2) is 5.82 Å². The van der Waals surface area contributed by atoms with E-state index in [9.17, 15) is 0 Å². The van der Waals surface area contributed by atoms with Gasteiger partial charge in [-0.1, -0.05) is 24.3 Å². The first kappa shape index (κ1) is 16.4. The van der Waals surface area contributed by atoms with Crippen LogP contribution >= 0.6 is 0 Å². The average molecular weight is 324 g/mol. The summed E-state index contributed by atoms with van der Waals surface area (Å²) in [5.74, 6) is 1.05. The number of nitrogens with one attached hydrogen (secondary N) is 1. The van der Waals surface area contributed by atoms with Crippen LogP contribution in [-0.4, -0.2) is 34.3 Å². The standard InChI is InChI=1S/C18H24N6/c1-12-5-3-4-6-13(12)15(19)16-17(20)23-14(11-22-16)24-9-7-18(2,21)8-10-24/h3-6,11,19H,7-10,21H2,1-2H3,(H2,20,23). The molecule has 6 nitrogen and oxygen atoms in total. The average Bonchev–Trinajstić information content (AvgIpc) is 2.54. The molecule has 1 aliphatic rings. The minimum Gasteiger partial charge on any atom is -0.382 e. The molecule has 3 rings (SSSR count). The molecule has 2 aromatic rings. The van der Waals surface area contributed by atoms with Gasteiger partial charge in [-0.3, -0.25) is 5.41 Å². The molecule has 0 bridgehead atoms. The third-order valence-electron chi connectivity index (χ3n) is 4.67. The van der Waals surface area contributed by atoms with Crippen LogP contribution in [0, 0.1) is 12.3 Å². The lowest BCUT2D eigenvalue weighted by Gasteiger charge is -2.37. The summed E-state index contributed by atoms with van der Waals surface area (Å²) in [6.07, 6.45) is 3.53. The molecule has 6 heteroatoms. The van der Waals surface area contributed by atoms with Gasteiger partial charge in [-0.05, 0) is 32.3 Å². The molecule has 0 amide bonds. The van der Waals surface area contributed by atoms with Gasteiger partial charge in [-0.2, -0.15) is 0 Å². The summed E-state index contributed by atoms with van der Waals surface area (Å²) in [5, 5.41) is 8.41. The summed E-state index contributed by atoms with van der Waals surface area (Å²) in [6, 6.07) is 7.73. The molecule has 1 aromatic heterocycles. The molecule has 1 fully saturated rings. The molecule has 24 heavy (non-hydrogen) atoms. The van der Waals surface area contributed by atoms with Gasteiger partial charge < -0.3 is 16.4 Å².